The van der Waals surface area contributed by atoms with E-state index in [0.29, 0.717) is 0 Å². The van der Waals surface area contributed by atoms with E-state index in [9.17, 15) is 0 Å². The Hall–Kier alpha value is -1.18. The number of nitrogens with zero attached hydrogens (tertiary/aromatic N) is 1. The minimum Gasteiger partial charge on any atom is -0.494 e. The van der Waals surface area contributed by atoms with Crippen LogP contribution in [0.1, 0.15) is 12.5 Å². The summed E-state index contributed by atoms with van der Waals surface area (Å²) in [6.45, 7) is 4.82. The molecule has 1 rings (SSSR count). The number of anilines is 1. The summed E-state index contributed by atoms with van der Waals surface area (Å²) in [5, 5.41) is 0. The Kier molecular flexibility index (Phi) is 3.18. The van der Waals surface area contributed by atoms with Crippen molar-refractivity contribution in [3.63, 3.8) is 0 Å². The van der Waals surface area contributed by atoms with Crippen LogP contribution in [0.15, 0.2) is 18.2 Å². The zero-order chi connectivity index (χ0) is 9.84. The highest BCUT2D eigenvalue weighted by Gasteiger charge is 2.01. The number of benzene rings is 1. The summed E-state index contributed by atoms with van der Waals surface area (Å²) in [5.74, 6) is 0.941. The molecule has 2 heteroatoms. The molecule has 2 nitrogen and oxygen atoms in total. The molecule has 0 amide bonds. The van der Waals surface area contributed by atoms with E-state index in [0.717, 1.165) is 12.4 Å². The summed E-state index contributed by atoms with van der Waals surface area (Å²) in [7, 11) is 4.08. The first kappa shape index (κ1) is 9.90. The molecule has 0 atom stereocenters. The maximum Gasteiger partial charge on any atom is 0.121 e. The van der Waals surface area contributed by atoms with E-state index in [1.165, 1.54) is 11.3 Å². The zero-order valence-electron chi connectivity index (χ0n) is 8.79. The molecular weight excluding hydrogens is 162 g/mol. The van der Waals surface area contributed by atoms with Crippen molar-refractivity contribution in [3.05, 3.63) is 23.8 Å². The molecule has 1 aromatic carbocycles. The summed E-state index contributed by atoms with van der Waals surface area (Å²) >= 11 is 0. The van der Waals surface area contributed by atoms with Crippen molar-refractivity contribution >= 4 is 5.69 Å². The Morgan fingerprint density at radius 1 is 1.31 bits per heavy atom. The van der Waals surface area contributed by atoms with Gasteiger partial charge < -0.3 is 9.64 Å². The number of hydrogen-bond acceptors (Lipinski definition) is 2. The molecule has 0 heterocycles. The summed E-state index contributed by atoms with van der Waals surface area (Å²) in [6.07, 6.45) is 0. The fourth-order valence-corrected chi connectivity index (χ4v) is 1.33. The van der Waals surface area contributed by atoms with E-state index in [1.54, 1.807) is 0 Å². The van der Waals surface area contributed by atoms with E-state index in [-0.39, 0.29) is 0 Å². The molecule has 72 valence electrons. The van der Waals surface area contributed by atoms with Crippen molar-refractivity contribution in [1.82, 2.24) is 0 Å². The fraction of sp³-hybridized carbons (Fsp3) is 0.455. The molecule has 0 radical (unpaired) electrons. The van der Waals surface area contributed by atoms with Gasteiger partial charge in [-0.1, -0.05) is 6.07 Å². The molecule has 0 saturated heterocycles. The molecule has 0 saturated carbocycles. The molecule has 0 bridgehead atoms. The Labute approximate surface area is 80.1 Å². The van der Waals surface area contributed by atoms with E-state index in [4.69, 9.17) is 4.74 Å². The molecule has 0 spiro atoms. The normalized spacial score (nSPS) is 9.85. The molecular formula is C11H17NO. The van der Waals surface area contributed by atoms with E-state index >= 15 is 0 Å². The first-order valence-electron chi connectivity index (χ1n) is 4.56. The average Bonchev–Trinajstić information content (AvgIpc) is 2.08. The second-order valence-corrected chi connectivity index (χ2v) is 3.28. The highest BCUT2D eigenvalue weighted by molar-refractivity contribution is 5.55. The molecule has 1 aromatic rings. The standard InChI is InChI=1S/C11H17NO/c1-5-13-10-7-6-9(2)11(8-10)12(3)4/h6-8H,5H2,1-4H3. The molecule has 0 aliphatic heterocycles. The number of rotatable bonds is 3. The van der Waals surface area contributed by atoms with Crippen LogP contribution in [0, 0.1) is 6.92 Å². The first-order valence-corrected chi connectivity index (χ1v) is 4.56. The third-order valence-corrected chi connectivity index (χ3v) is 1.97. The lowest BCUT2D eigenvalue weighted by atomic mass is 10.2. The van der Waals surface area contributed by atoms with Crippen molar-refractivity contribution in [1.29, 1.82) is 0 Å². The van der Waals surface area contributed by atoms with Crippen molar-refractivity contribution < 1.29 is 4.74 Å². The van der Waals surface area contributed by atoms with Crippen LogP contribution in [-0.4, -0.2) is 20.7 Å². The van der Waals surface area contributed by atoms with Crippen LogP contribution in [-0.2, 0) is 0 Å². The van der Waals surface area contributed by atoms with Crippen LogP contribution in [0.4, 0.5) is 5.69 Å². The van der Waals surface area contributed by atoms with Gasteiger partial charge in [-0.3, -0.25) is 0 Å². The lowest BCUT2D eigenvalue weighted by Crippen LogP contribution is -2.10. The van der Waals surface area contributed by atoms with Crippen molar-refractivity contribution in [3.8, 4) is 5.75 Å². The minimum atomic E-state index is 0.718. The molecule has 0 fully saturated rings. The second kappa shape index (κ2) is 4.17. The smallest absolute Gasteiger partial charge is 0.121 e. The van der Waals surface area contributed by atoms with Crippen molar-refractivity contribution in [2.24, 2.45) is 0 Å². The van der Waals surface area contributed by atoms with Gasteiger partial charge in [-0.15, -0.1) is 0 Å². The highest BCUT2D eigenvalue weighted by atomic mass is 16.5. The molecule has 0 N–H and O–H groups in total. The minimum absolute atomic E-state index is 0.718. The molecule has 0 aliphatic rings. The van der Waals surface area contributed by atoms with Gasteiger partial charge in [0.25, 0.3) is 0 Å². The summed E-state index contributed by atoms with van der Waals surface area (Å²) in [6, 6.07) is 6.16. The summed E-state index contributed by atoms with van der Waals surface area (Å²) in [5.41, 5.74) is 2.49. The first-order chi connectivity index (χ1) is 6.15. The van der Waals surface area contributed by atoms with Crippen LogP contribution in [0.3, 0.4) is 0 Å². The zero-order valence-corrected chi connectivity index (χ0v) is 8.79. The van der Waals surface area contributed by atoms with Gasteiger partial charge in [0.1, 0.15) is 5.75 Å². The number of ether oxygens (including phenoxy) is 1. The van der Waals surface area contributed by atoms with Crippen LogP contribution in [0.5, 0.6) is 5.75 Å². The van der Waals surface area contributed by atoms with Gasteiger partial charge in [0, 0.05) is 25.8 Å². The van der Waals surface area contributed by atoms with Crippen LogP contribution < -0.4 is 9.64 Å². The van der Waals surface area contributed by atoms with E-state index < -0.39 is 0 Å². The fourth-order valence-electron chi connectivity index (χ4n) is 1.33. The van der Waals surface area contributed by atoms with Crippen LogP contribution in [0.2, 0.25) is 0 Å². The van der Waals surface area contributed by atoms with Crippen LogP contribution in [0.25, 0.3) is 0 Å². The average molecular weight is 179 g/mol. The lowest BCUT2D eigenvalue weighted by molar-refractivity contribution is 0.340. The number of aryl methyl sites for hydroxylation is 1. The Balaban J connectivity index is 2.97. The van der Waals surface area contributed by atoms with Gasteiger partial charge in [0.15, 0.2) is 0 Å². The van der Waals surface area contributed by atoms with Gasteiger partial charge in [-0.2, -0.15) is 0 Å². The van der Waals surface area contributed by atoms with Crippen molar-refractivity contribution in [2.45, 2.75) is 13.8 Å². The SMILES string of the molecule is CCOc1ccc(C)c(N(C)C)c1. The molecule has 13 heavy (non-hydrogen) atoms. The monoisotopic (exact) mass is 179 g/mol. The maximum atomic E-state index is 5.43. The molecule has 0 aromatic heterocycles. The predicted molar refractivity (Wildman–Crippen MR) is 56.7 cm³/mol. The molecule has 0 aliphatic carbocycles. The number of hydrogen-bond donors (Lipinski definition) is 0. The maximum absolute atomic E-state index is 5.43. The molecule has 0 unspecified atom stereocenters. The third-order valence-electron chi connectivity index (χ3n) is 1.97. The Morgan fingerprint density at radius 3 is 2.54 bits per heavy atom. The Morgan fingerprint density at radius 2 is 2.00 bits per heavy atom. The summed E-state index contributed by atoms with van der Waals surface area (Å²) < 4.78 is 5.43. The van der Waals surface area contributed by atoms with Crippen LogP contribution >= 0.6 is 0 Å². The van der Waals surface area contributed by atoms with E-state index in [2.05, 4.69) is 24.0 Å². The topological polar surface area (TPSA) is 12.5 Å². The summed E-state index contributed by atoms with van der Waals surface area (Å²) in [4.78, 5) is 2.10. The quantitative estimate of drug-likeness (QED) is 0.706. The van der Waals surface area contributed by atoms with Crippen molar-refractivity contribution in [2.75, 3.05) is 25.6 Å². The van der Waals surface area contributed by atoms with Gasteiger partial charge in [0.2, 0.25) is 0 Å². The van der Waals surface area contributed by atoms with E-state index in [1.807, 2.05) is 27.1 Å². The lowest BCUT2D eigenvalue weighted by Gasteiger charge is -2.16. The van der Waals surface area contributed by atoms with Gasteiger partial charge >= 0.3 is 0 Å². The predicted octanol–water partition coefficient (Wildman–Crippen LogP) is 2.46. The van der Waals surface area contributed by atoms with Gasteiger partial charge in [0.05, 0.1) is 6.61 Å². The van der Waals surface area contributed by atoms with Gasteiger partial charge in [-0.25, -0.2) is 0 Å². The largest absolute Gasteiger partial charge is 0.494 e. The van der Waals surface area contributed by atoms with Gasteiger partial charge in [-0.05, 0) is 25.5 Å². The highest BCUT2D eigenvalue weighted by Crippen LogP contribution is 2.23. The second-order valence-electron chi connectivity index (χ2n) is 3.28. The third kappa shape index (κ3) is 2.38. The Bertz CT molecular complexity index is 281.